The van der Waals surface area contributed by atoms with Crippen molar-refractivity contribution in [3.05, 3.63) is 40.4 Å². The first-order valence-electron chi connectivity index (χ1n) is 6.62. The zero-order chi connectivity index (χ0) is 16.7. The number of nitrogens with zero attached hydrogens (tertiary/aromatic N) is 2. The molecule has 1 amide bonds. The molecule has 118 valence electrons. The third-order valence-corrected chi connectivity index (χ3v) is 3.80. The number of nitriles is 1. The maximum atomic E-state index is 11.9. The zero-order valence-electron chi connectivity index (χ0n) is 11.9. The topological polar surface area (TPSA) is 92.1 Å². The zero-order valence-corrected chi connectivity index (χ0v) is 13.5. The van der Waals surface area contributed by atoms with Gasteiger partial charge in [0, 0.05) is 22.5 Å². The molecule has 1 N–H and O–H groups in total. The van der Waals surface area contributed by atoms with Crippen LogP contribution in [0.2, 0.25) is 5.02 Å². The van der Waals surface area contributed by atoms with Gasteiger partial charge < -0.3 is 10.1 Å². The van der Waals surface area contributed by atoms with Crippen molar-refractivity contribution in [2.24, 2.45) is 0 Å². The van der Waals surface area contributed by atoms with Crippen LogP contribution in [0.5, 0.6) is 0 Å². The minimum absolute atomic E-state index is 0.134. The van der Waals surface area contributed by atoms with Gasteiger partial charge in [-0.1, -0.05) is 23.7 Å². The minimum Gasteiger partial charge on any atom is -0.451 e. The SMILES string of the molecule is N#CCCNC(=O)COC(=O)c1csc(-c2cccc(Cl)c2)n1. The van der Waals surface area contributed by atoms with Gasteiger partial charge in [0.1, 0.15) is 5.01 Å². The van der Waals surface area contributed by atoms with Crippen LogP contribution in [0.3, 0.4) is 0 Å². The average Bonchev–Trinajstić information content (AvgIpc) is 3.03. The number of halogens is 1. The number of amides is 1. The van der Waals surface area contributed by atoms with Crippen LogP contribution in [0.4, 0.5) is 0 Å². The molecule has 0 aliphatic rings. The summed E-state index contributed by atoms with van der Waals surface area (Å²) in [4.78, 5) is 27.4. The van der Waals surface area contributed by atoms with E-state index in [0.29, 0.717) is 10.0 Å². The van der Waals surface area contributed by atoms with E-state index >= 15 is 0 Å². The van der Waals surface area contributed by atoms with Gasteiger partial charge in [0.2, 0.25) is 0 Å². The molecule has 6 nitrogen and oxygen atoms in total. The molecule has 0 unspecified atom stereocenters. The fourth-order valence-corrected chi connectivity index (χ4v) is 2.61. The van der Waals surface area contributed by atoms with Crippen molar-refractivity contribution in [1.82, 2.24) is 10.3 Å². The highest BCUT2D eigenvalue weighted by atomic mass is 35.5. The summed E-state index contributed by atoms with van der Waals surface area (Å²) in [6.45, 7) is -0.184. The monoisotopic (exact) mass is 349 g/mol. The summed E-state index contributed by atoms with van der Waals surface area (Å²) in [5.74, 6) is -1.14. The molecule has 0 atom stereocenters. The Morgan fingerprint density at radius 1 is 1.43 bits per heavy atom. The van der Waals surface area contributed by atoms with Crippen LogP contribution in [0.15, 0.2) is 29.6 Å². The van der Waals surface area contributed by atoms with Crippen LogP contribution in [0.1, 0.15) is 16.9 Å². The molecule has 23 heavy (non-hydrogen) atoms. The third kappa shape index (κ3) is 5.06. The predicted octanol–water partition coefficient (Wildman–Crippen LogP) is 2.65. The first-order valence-corrected chi connectivity index (χ1v) is 7.88. The van der Waals surface area contributed by atoms with Gasteiger partial charge in [0.05, 0.1) is 12.5 Å². The lowest BCUT2D eigenvalue weighted by molar-refractivity contribution is -0.124. The van der Waals surface area contributed by atoms with Crippen molar-refractivity contribution in [3.8, 4) is 16.6 Å². The van der Waals surface area contributed by atoms with Gasteiger partial charge in [-0.2, -0.15) is 5.26 Å². The van der Waals surface area contributed by atoms with Gasteiger partial charge in [0.15, 0.2) is 12.3 Å². The third-order valence-electron chi connectivity index (χ3n) is 2.68. The number of ether oxygens (including phenoxy) is 1. The lowest BCUT2D eigenvalue weighted by Gasteiger charge is -2.03. The summed E-state index contributed by atoms with van der Waals surface area (Å²) in [5, 5.41) is 13.6. The quantitative estimate of drug-likeness (QED) is 0.639. The van der Waals surface area contributed by atoms with Crippen LogP contribution < -0.4 is 5.32 Å². The lowest BCUT2D eigenvalue weighted by Crippen LogP contribution is -2.29. The van der Waals surface area contributed by atoms with E-state index in [2.05, 4.69) is 10.3 Å². The van der Waals surface area contributed by atoms with Crippen LogP contribution in [-0.4, -0.2) is 30.0 Å². The van der Waals surface area contributed by atoms with E-state index in [1.165, 1.54) is 11.3 Å². The van der Waals surface area contributed by atoms with E-state index in [-0.39, 0.29) is 18.7 Å². The van der Waals surface area contributed by atoms with E-state index in [1.807, 2.05) is 12.1 Å². The number of aromatic nitrogens is 1. The average molecular weight is 350 g/mol. The number of esters is 1. The van der Waals surface area contributed by atoms with Crippen molar-refractivity contribution >= 4 is 34.8 Å². The normalized spacial score (nSPS) is 9.91. The number of carbonyl (C=O) groups is 2. The lowest BCUT2D eigenvalue weighted by atomic mass is 10.2. The van der Waals surface area contributed by atoms with Crippen LogP contribution in [0.25, 0.3) is 10.6 Å². The number of rotatable bonds is 6. The smallest absolute Gasteiger partial charge is 0.358 e. The molecule has 0 saturated heterocycles. The highest BCUT2D eigenvalue weighted by Gasteiger charge is 2.15. The molecule has 0 aliphatic heterocycles. The molecule has 8 heteroatoms. The first kappa shape index (κ1) is 16.9. The Hall–Kier alpha value is -2.43. The van der Waals surface area contributed by atoms with Crippen LogP contribution in [-0.2, 0) is 9.53 Å². The minimum atomic E-state index is -0.676. The number of hydrogen-bond acceptors (Lipinski definition) is 6. The Morgan fingerprint density at radius 2 is 2.26 bits per heavy atom. The molecule has 0 spiro atoms. The summed E-state index contributed by atoms with van der Waals surface area (Å²) in [5.41, 5.74) is 0.936. The number of hydrogen-bond donors (Lipinski definition) is 1. The van der Waals surface area contributed by atoms with E-state index in [9.17, 15) is 9.59 Å². The number of thiazole rings is 1. The maximum Gasteiger partial charge on any atom is 0.358 e. The van der Waals surface area contributed by atoms with Crippen LogP contribution in [0, 0.1) is 11.3 Å². The van der Waals surface area contributed by atoms with E-state index < -0.39 is 18.5 Å². The summed E-state index contributed by atoms with van der Waals surface area (Å²) < 4.78 is 4.88. The van der Waals surface area contributed by atoms with Crippen molar-refractivity contribution in [2.45, 2.75) is 6.42 Å². The van der Waals surface area contributed by atoms with Crippen molar-refractivity contribution in [2.75, 3.05) is 13.2 Å². The molecule has 2 rings (SSSR count). The van der Waals surface area contributed by atoms with Gasteiger partial charge >= 0.3 is 5.97 Å². The molecule has 0 saturated carbocycles. The molecule has 0 radical (unpaired) electrons. The number of nitrogens with one attached hydrogen (secondary N) is 1. The van der Waals surface area contributed by atoms with Crippen molar-refractivity contribution in [1.29, 1.82) is 5.26 Å². The molecular formula is C15H12ClN3O3S. The second-order valence-electron chi connectivity index (χ2n) is 4.38. The largest absolute Gasteiger partial charge is 0.451 e. The Balaban J connectivity index is 1.91. The summed E-state index contributed by atoms with van der Waals surface area (Å²) in [6.07, 6.45) is 0.203. The Bertz CT molecular complexity index is 754. The van der Waals surface area contributed by atoms with E-state index in [0.717, 1.165) is 5.56 Å². The predicted molar refractivity (Wildman–Crippen MR) is 86.1 cm³/mol. The fraction of sp³-hybridized carbons (Fsp3) is 0.200. The summed E-state index contributed by atoms with van der Waals surface area (Å²) in [6, 6.07) is 9.02. The van der Waals surface area contributed by atoms with Gasteiger partial charge in [-0.05, 0) is 12.1 Å². The first-order chi connectivity index (χ1) is 11.1. The highest BCUT2D eigenvalue weighted by molar-refractivity contribution is 7.13. The summed E-state index contributed by atoms with van der Waals surface area (Å²) in [7, 11) is 0. The number of carbonyl (C=O) groups excluding carboxylic acids is 2. The maximum absolute atomic E-state index is 11.9. The standard InChI is InChI=1S/C15H12ClN3O3S/c16-11-4-1-3-10(7-11)14-19-12(9-23-14)15(21)22-8-13(20)18-6-2-5-17/h1,3-4,7,9H,2,6,8H2,(H,18,20). The fourth-order valence-electron chi connectivity index (χ4n) is 1.64. The molecule has 1 aromatic carbocycles. The molecule has 0 bridgehead atoms. The Labute approximate surface area is 141 Å². The van der Waals surface area contributed by atoms with Crippen molar-refractivity contribution in [3.63, 3.8) is 0 Å². The molecule has 1 heterocycles. The number of benzene rings is 1. The Morgan fingerprint density at radius 3 is 3.00 bits per heavy atom. The molecular weight excluding hydrogens is 338 g/mol. The van der Waals surface area contributed by atoms with Gasteiger partial charge in [-0.25, -0.2) is 9.78 Å². The Kier molecular flexibility index (Phi) is 6.09. The van der Waals surface area contributed by atoms with Gasteiger partial charge in [0.25, 0.3) is 5.91 Å². The molecule has 0 fully saturated rings. The van der Waals surface area contributed by atoms with E-state index in [1.54, 1.807) is 23.6 Å². The molecule has 1 aromatic heterocycles. The summed E-state index contributed by atoms with van der Waals surface area (Å²) >= 11 is 7.21. The second kappa shape index (κ2) is 8.27. The van der Waals surface area contributed by atoms with Gasteiger partial charge in [-0.15, -0.1) is 11.3 Å². The second-order valence-corrected chi connectivity index (χ2v) is 5.68. The van der Waals surface area contributed by atoms with Gasteiger partial charge in [-0.3, -0.25) is 4.79 Å². The van der Waals surface area contributed by atoms with E-state index in [4.69, 9.17) is 21.6 Å². The van der Waals surface area contributed by atoms with Crippen molar-refractivity contribution < 1.29 is 14.3 Å². The molecule has 0 aliphatic carbocycles. The van der Waals surface area contributed by atoms with Crippen LogP contribution >= 0.6 is 22.9 Å². The molecule has 2 aromatic rings. The highest BCUT2D eigenvalue weighted by Crippen LogP contribution is 2.26.